The molecule has 0 atom stereocenters. The Kier molecular flexibility index (Phi) is 13.7. The Morgan fingerprint density at radius 2 is 0.825 bits per heavy atom. The summed E-state index contributed by atoms with van der Waals surface area (Å²) in [6.45, 7) is 56.0. The number of rotatable bonds is 5. The number of hydrogen-bond acceptors (Lipinski definition) is 5. The number of benzene rings is 8. The van der Waals surface area contributed by atoms with Crippen LogP contribution < -0.4 is 24.9 Å². The monoisotopic (exact) mass is 1300 g/mol. The van der Waals surface area contributed by atoms with Crippen LogP contribution in [0.15, 0.2) is 132 Å². The molecule has 0 saturated carbocycles. The van der Waals surface area contributed by atoms with Crippen LogP contribution in [-0.2, 0) is 54.1 Å². The lowest BCUT2D eigenvalue weighted by molar-refractivity contribution is 0.332. The van der Waals surface area contributed by atoms with E-state index in [4.69, 9.17) is 4.42 Å². The van der Waals surface area contributed by atoms with Gasteiger partial charge in [0, 0.05) is 71.0 Å². The fourth-order valence-electron chi connectivity index (χ4n) is 18.8. The molecule has 97 heavy (non-hydrogen) atoms. The highest BCUT2D eigenvalue weighted by Gasteiger charge is 2.51. The lowest BCUT2D eigenvalue weighted by atomic mass is 9.46. The largest absolute Gasteiger partial charge is 0.456 e. The van der Waals surface area contributed by atoms with Gasteiger partial charge in [-0.25, -0.2) is 0 Å². The third kappa shape index (κ3) is 9.81. The van der Waals surface area contributed by atoms with Gasteiger partial charge in [-0.1, -0.05) is 189 Å². The number of aryl methyl sites for hydroxylation is 1. The van der Waals surface area contributed by atoms with E-state index >= 15 is 0 Å². The molecular formula is C91H106BN3OS. The van der Waals surface area contributed by atoms with Crippen molar-refractivity contribution < 1.29 is 4.42 Å². The number of nitrogens with zero attached hydrogens (tertiary/aromatic N) is 3. The molecule has 0 fully saturated rings. The van der Waals surface area contributed by atoms with Crippen molar-refractivity contribution in [1.29, 1.82) is 0 Å². The summed E-state index contributed by atoms with van der Waals surface area (Å²) in [6, 6.07) is 52.7. The molecule has 4 heterocycles. The van der Waals surface area contributed by atoms with Gasteiger partial charge in [-0.2, -0.15) is 0 Å². The minimum Gasteiger partial charge on any atom is -0.456 e. The molecule has 4 nitrogen and oxygen atoms in total. The molecular weight excluding hydrogens is 1190 g/mol. The number of thiophene rings is 1. The molecule has 6 aliphatic rings. The maximum atomic E-state index is 7.45. The van der Waals surface area contributed by atoms with Crippen molar-refractivity contribution in [2.24, 2.45) is 0 Å². The summed E-state index contributed by atoms with van der Waals surface area (Å²) < 4.78 is 10.2. The molecule has 2 aromatic heterocycles. The number of anilines is 8. The first kappa shape index (κ1) is 64.6. The molecule has 0 spiro atoms. The van der Waals surface area contributed by atoms with E-state index in [0.717, 1.165) is 79.6 Å². The van der Waals surface area contributed by atoms with Gasteiger partial charge in [-0.3, -0.25) is 0 Å². The van der Waals surface area contributed by atoms with Gasteiger partial charge in [-0.15, -0.1) is 11.3 Å². The van der Waals surface area contributed by atoms with Crippen LogP contribution in [0.25, 0.3) is 43.2 Å². The Balaban J connectivity index is 1.09. The first-order valence-corrected chi connectivity index (χ1v) is 37.7. The minimum absolute atomic E-state index is 0.00297. The topological polar surface area (TPSA) is 22.9 Å². The van der Waals surface area contributed by atoms with Crippen LogP contribution in [-0.4, -0.2) is 6.85 Å². The third-order valence-corrected chi connectivity index (χ3v) is 27.1. The van der Waals surface area contributed by atoms with Gasteiger partial charge in [0.15, 0.2) is 0 Å². The van der Waals surface area contributed by atoms with Crippen LogP contribution in [0.5, 0.6) is 0 Å². The van der Waals surface area contributed by atoms with Crippen molar-refractivity contribution >= 4 is 106 Å². The number of furan rings is 1. The Morgan fingerprint density at radius 1 is 0.392 bits per heavy atom. The van der Waals surface area contributed by atoms with E-state index in [9.17, 15) is 0 Å². The molecule has 0 N–H and O–H groups in total. The molecule has 8 aromatic carbocycles. The van der Waals surface area contributed by atoms with Crippen LogP contribution in [0.2, 0.25) is 0 Å². The number of fused-ring (bicyclic) bond motifs is 13. The van der Waals surface area contributed by atoms with Gasteiger partial charge in [0.05, 0.1) is 5.69 Å². The molecule has 0 amide bonds. The second-order valence-corrected chi connectivity index (χ2v) is 39.6. The Morgan fingerprint density at radius 3 is 1.34 bits per heavy atom. The molecule has 10 aromatic rings. The zero-order chi connectivity index (χ0) is 69.0. The molecule has 16 rings (SSSR count). The van der Waals surface area contributed by atoms with Crippen molar-refractivity contribution in [3.05, 3.63) is 189 Å². The second kappa shape index (κ2) is 20.6. The predicted molar refractivity (Wildman–Crippen MR) is 421 cm³/mol. The van der Waals surface area contributed by atoms with Crippen molar-refractivity contribution in [2.75, 3.05) is 14.6 Å². The molecule has 0 unspecified atom stereocenters. The van der Waals surface area contributed by atoms with E-state index in [1.54, 1.807) is 0 Å². The first-order valence-electron chi connectivity index (χ1n) is 36.9. The highest BCUT2D eigenvalue weighted by atomic mass is 32.1. The normalized spacial score (nSPS) is 20.2. The highest BCUT2D eigenvalue weighted by Crippen LogP contribution is 2.59. The number of hydrogen-bond donors (Lipinski definition) is 0. The van der Waals surface area contributed by atoms with Crippen LogP contribution >= 0.6 is 11.3 Å². The van der Waals surface area contributed by atoms with Crippen LogP contribution in [0.3, 0.4) is 0 Å². The van der Waals surface area contributed by atoms with Gasteiger partial charge >= 0.3 is 6.85 Å². The standard InChI is InChI=1S/C91H106BN3OS/c1-53-42-66-70(89(18,19)39-36-85(66,10)11)50-73(53)94-75-45-59(93(56-28-24-54(25-29-56)82(2,3)4)57-30-26-55(27-31-57)83(5,6)7)43-63-60-49-76-62(61-46-68-71(51-77(61)96-76)90(20,21)40-37-87(68,14)15)48-74(60)95(58-32-33-65-67(44-58)86(12,13)35-34-84(65,8)9)92(79(63)75)81-80(94)64-47-69-72(52-78(64)97-81)91(22,23)41-38-88(69,16)17/h24-33,42-52H,34-41H2,1-23H3. The van der Waals surface area contributed by atoms with Crippen molar-refractivity contribution in [2.45, 2.75) is 265 Å². The highest BCUT2D eigenvalue weighted by molar-refractivity contribution is 7.32. The molecule has 500 valence electrons. The van der Waals surface area contributed by atoms with Gasteiger partial charge < -0.3 is 19.0 Å². The summed E-state index contributed by atoms with van der Waals surface area (Å²) in [5.74, 6) is 0. The zero-order valence-corrected chi connectivity index (χ0v) is 63.8. The molecule has 6 heteroatoms. The Bertz CT molecular complexity index is 4920. The SMILES string of the molecule is Cc1cc2c(cc1N1c3cc(N(c4ccc(C(C)(C)C)cc4)c4ccc(C(C)(C)C)cc4)cc4c3B(c3sc5cc6c(cc5c31)C(C)(C)CCC6(C)C)N(c1ccc3c(c1)C(C)(C)CCC3(C)C)c1cc3c(cc1-4)oc1cc4c(cc13)C(C)(C)CCC4(C)C)C(C)(C)CCC2(C)C. The molecule has 0 bridgehead atoms. The molecule has 2 aliphatic heterocycles. The van der Waals surface area contributed by atoms with Crippen molar-refractivity contribution in [3.63, 3.8) is 0 Å². The van der Waals surface area contributed by atoms with Crippen molar-refractivity contribution in [3.8, 4) is 11.1 Å². The van der Waals surface area contributed by atoms with E-state index in [2.05, 4.69) is 313 Å². The maximum absolute atomic E-state index is 7.45. The van der Waals surface area contributed by atoms with E-state index < -0.39 is 0 Å². The van der Waals surface area contributed by atoms with Crippen molar-refractivity contribution in [1.82, 2.24) is 0 Å². The van der Waals surface area contributed by atoms with Crippen LogP contribution in [0.1, 0.15) is 265 Å². The van der Waals surface area contributed by atoms with E-state index in [1.165, 1.54) is 132 Å². The van der Waals surface area contributed by atoms with Gasteiger partial charge in [0.25, 0.3) is 0 Å². The minimum atomic E-state index is -0.201. The lowest BCUT2D eigenvalue weighted by Gasteiger charge is -2.47. The first-order chi connectivity index (χ1) is 45.2. The second-order valence-electron chi connectivity index (χ2n) is 38.5. The van der Waals surface area contributed by atoms with E-state index in [1.807, 2.05) is 0 Å². The summed E-state index contributed by atoms with van der Waals surface area (Å²) >= 11 is 2.07. The average molecular weight is 1300 g/mol. The third-order valence-electron chi connectivity index (χ3n) is 25.9. The average Bonchev–Trinajstić information content (AvgIpc) is 1.66. The predicted octanol–water partition coefficient (Wildman–Crippen LogP) is 25.3. The smallest absolute Gasteiger partial charge is 0.343 e. The van der Waals surface area contributed by atoms with Gasteiger partial charge in [-0.05, 0) is 276 Å². The summed E-state index contributed by atoms with van der Waals surface area (Å²) in [4.78, 5) is 8.25. The molecule has 4 aliphatic carbocycles. The Labute approximate surface area is 585 Å². The zero-order valence-electron chi connectivity index (χ0n) is 63.0. The molecule has 0 radical (unpaired) electrons. The summed E-state index contributed by atoms with van der Waals surface area (Å²) in [7, 11) is 0. The maximum Gasteiger partial charge on any atom is 0.343 e. The fraction of sp³-hybridized carbons (Fsp3) is 0.451. The van der Waals surface area contributed by atoms with Crippen LogP contribution in [0.4, 0.5) is 45.5 Å². The van der Waals surface area contributed by atoms with Crippen LogP contribution in [0, 0.1) is 6.92 Å². The lowest BCUT2D eigenvalue weighted by Crippen LogP contribution is -2.60. The summed E-state index contributed by atoms with van der Waals surface area (Å²) in [5, 5.41) is 3.75. The Hall–Kier alpha value is -7.02. The quantitative estimate of drug-likeness (QED) is 0.160. The van der Waals surface area contributed by atoms with Gasteiger partial charge in [0.2, 0.25) is 0 Å². The van der Waals surface area contributed by atoms with E-state index in [-0.39, 0.29) is 61.0 Å². The summed E-state index contributed by atoms with van der Waals surface area (Å²) in [6.07, 6.45) is 9.21. The fourth-order valence-corrected chi connectivity index (χ4v) is 20.1. The molecule has 0 saturated heterocycles. The summed E-state index contributed by atoms with van der Waals surface area (Å²) in [5.41, 5.74) is 31.3. The van der Waals surface area contributed by atoms with E-state index in [0.29, 0.717) is 0 Å². The van der Waals surface area contributed by atoms with Gasteiger partial charge in [0.1, 0.15) is 11.2 Å².